The van der Waals surface area contributed by atoms with Crippen molar-refractivity contribution < 1.29 is 9.53 Å². The van der Waals surface area contributed by atoms with Crippen LogP contribution in [-0.4, -0.2) is 44.5 Å². The number of nitrogens with zero attached hydrogens (tertiary/aromatic N) is 6. The van der Waals surface area contributed by atoms with E-state index in [1.54, 1.807) is 54.1 Å². The van der Waals surface area contributed by atoms with Crippen LogP contribution in [0.25, 0.3) is 15.9 Å². The van der Waals surface area contributed by atoms with Crippen LogP contribution in [0.3, 0.4) is 0 Å². The van der Waals surface area contributed by atoms with Crippen LogP contribution >= 0.6 is 11.3 Å². The first-order valence-electron chi connectivity index (χ1n) is 8.92. The van der Waals surface area contributed by atoms with Crippen LogP contribution in [0.15, 0.2) is 30.6 Å². The highest BCUT2D eigenvalue weighted by Gasteiger charge is 2.22. The number of ether oxygens (including phenoxy) is 1. The van der Waals surface area contributed by atoms with Crippen molar-refractivity contribution in [3.63, 3.8) is 0 Å². The molecule has 0 bridgehead atoms. The van der Waals surface area contributed by atoms with Crippen LogP contribution in [0.2, 0.25) is 0 Å². The third-order valence-electron chi connectivity index (χ3n) is 4.54. The Morgan fingerprint density at radius 2 is 2.03 bits per heavy atom. The lowest BCUT2D eigenvalue weighted by Crippen LogP contribution is -2.21. The molecule has 0 radical (unpaired) electrons. The van der Waals surface area contributed by atoms with E-state index in [9.17, 15) is 4.79 Å². The maximum atomic E-state index is 12.5. The molecule has 0 aliphatic rings. The lowest BCUT2D eigenvalue weighted by atomic mass is 10.2. The first-order valence-corrected chi connectivity index (χ1v) is 9.73. The van der Waals surface area contributed by atoms with Gasteiger partial charge in [0.2, 0.25) is 0 Å². The summed E-state index contributed by atoms with van der Waals surface area (Å²) in [6.45, 7) is 3.77. The van der Waals surface area contributed by atoms with E-state index in [0.29, 0.717) is 27.7 Å². The Hall–Kier alpha value is -3.51. The van der Waals surface area contributed by atoms with Crippen molar-refractivity contribution in [1.82, 2.24) is 24.5 Å². The second-order valence-electron chi connectivity index (χ2n) is 6.81. The van der Waals surface area contributed by atoms with E-state index in [-0.39, 0.29) is 5.91 Å². The van der Waals surface area contributed by atoms with Gasteiger partial charge in [-0.1, -0.05) is 0 Å². The highest BCUT2D eigenvalue weighted by molar-refractivity contribution is 7.20. The molecule has 9 heteroatoms. The monoisotopic (exact) mass is 406 g/mol. The Morgan fingerprint density at radius 3 is 2.69 bits per heavy atom. The number of aryl methyl sites for hydroxylation is 1. The molecule has 0 fully saturated rings. The predicted octanol–water partition coefficient (Wildman–Crippen LogP) is 3.36. The molecule has 3 heterocycles. The van der Waals surface area contributed by atoms with Crippen LogP contribution in [0.5, 0.6) is 5.75 Å². The molecule has 1 unspecified atom stereocenters. The van der Waals surface area contributed by atoms with Gasteiger partial charge in [0.05, 0.1) is 21.9 Å². The van der Waals surface area contributed by atoms with Gasteiger partial charge in [-0.05, 0) is 43.7 Å². The maximum Gasteiger partial charge on any atom is 0.263 e. The molecule has 3 aromatic heterocycles. The quantitative estimate of drug-likeness (QED) is 0.516. The van der Waals surface area contributed by atoms with Crippen molar-refractivity contribution in [3.8, 4) is 11.8 Å². The molecular weight excluding hydrogens is 388 g/mol. The number of nitriles is 1. The van der Waals surface area contributed by atoms with Gasteiger partial charge in [-0.2, -0.15) is 5.26 Å². The Labute approximate surface area is 171 Å². The number of carbonyl (C=O) groups excluding carboxylic acids is 1. The lowest BCUT2D eigenvalue weighted by Gasteiger charge is -2.11. The second-order valence-corrected chi connectivity index (χ2v) is 7.81. The molecule has 146 valence electrons. The van der Waals surface area contributed by atoms with Crippen molar-refractivity contribution in [2.45, 2.75) is 20.0 Å². The highest BCUT2D eigenvalue weighted by atomic mass is 32.1. The predicted molar refractivity (Wildman–Crippen MR) is 109 cm³/mol. The number of fused-ring (bicyclic) bond motifs is 3. The number of hydrogen-bond acceptors (Lipinski definition) is 7. The Balaban J connectivity index is 1.72. The van der Waals surface area contributed by atoms with Gasteiger partial charge < -0.3 is 9.64 Å². The lowest BCUT2D eigenvalue weighted by molar-refractivity contribution is 0.0831. The Morgan fingerprint density at radius 1 is 1.31 bits per heavy atom. The smallest absolute Gasteiger partial charge is 0.263 e. The largest absolute Gasteiger partial charge is 0.483 e. The summed E-state index contributed by atoms with van der Waals surface area (Å²) in [5.41, 5.74) is 2.06. The van der Waals surface area contributed by atoms with E-state index in [2.05, 4.69) is 21.1 Å². The third-order valence-corrected chi connectivity index (χ3v) is 5.73. The zero-order chi connectivity index (χ0) is 20.7. The summed E-state index contributed by atoms with van der Waals surface area (Å²) in [6.07, 6.45) is 1.20. The van der Waals surface area contributed by atoms with Gasteiger partial charge in [-0.25, -0.2) is 14.5 Å². The summed E-state index contributed by atoms with van der Waals surface area (Å²) >= 11 is 1.36. The number of benzene rings is 1. The summed E-state index contributed by atoms with van der Waals surface area (Å²) < 4.78 is 7.53. The molecule has 0 aliphatic carbocycles. The summed E-state index contributed by atoms with van der Waals surface area (Å²) in [7, 11) is 3.46. The standard InChI is InChI=1S/C20H18N6O2S/c1-11-15-18-23-17(12(2)28-14-7-5-13(9-21)6-8-14)24-26(18)10-22-19(15)29-16(11)20(27)25(3)4/h5-8,10,12H,1-4H3. The zero-order valence-corrected chi connectivity index (χ0v) is 17.2. The molecule has 0 N–H and O–H groups in total. The average Bonchev–Trinajstić information content (AvgIpc) is 3.29. The van der Waals surface area contributed by atoms with Crippen molar-refractivity contribution in [1.29, 1.82) is 5.26 Å². The molecule has 8 nitrogen and oxygen atoms in total. The van der Waals surface area contributed by atoms with Crippen LogP contribution < -0.4 is 4.74 Å². The summed E-state index contributed by atoms with van der Waals surface area (Å²) in [6, 6.07) is 8.96. The first-order chi connectivity index (χ1) is 13.9. The topological polar surface area (TPSA) is 96.4 Å². The molecule has 0 saturated heterocycles. The van der Waals surface area contributed by atoms with Crippen LogP contribution in [0, 0.1) is 18.3 Å². The minimum absolute atomic E-state index is 0.0547. The summed E-state index contributed by atoms with van der Waals surface area (Å²) in [5.74, 6) is 1.08. The molecule has 0 spiro atoms. The van der Waals surface area contributed by atoms with E-state index < -0.39 is 6.10 Å². The van der Waals surface area contributed by atoms with E-state index >= 15 is 0 Å². The fourth-order valence-electron chi connectivity index (χ4n) is 2.99. The fourth-order valence-corrected chi connectivity index (χ4v) is 4.16. The van der Waals surface area contributed by atoms with Crippen molar-refractivity contribution in [2.24, 2.45) is 0 Å². The maximum absolute atomic E-state index is 12.5. The molecule has 29 heavy (non-hydrogen) atoms. The van der Waals surface area contributed by atoms with Gasteiger partial charge in [0.25, 0.3) is 5.91 Å². The van der Waals surface area contributed by atoms with Gasteiger partial charge in [0, 0.05) is 14.1 Å². The SMILES string of the molecule is Cc1c(C(=O)N(C)C)sc2ncn3nc(C(C)Oc4ccc(C#N)cc4)nc3c12. The van der Waals surface area contributed by atoms with Crippen LogP contribution in [0.1, 0.15) is 39.7 Å². The molecule has 0 saturated carbocycles. The number of amides is 1. The fraction of sp³-hybridized carbons (Fsp3) is 0.250. The molecule has 1 atom stereocenters. The van der Waals surface area contributed by atoms with E-state index in [0.717, 1.165) is 15.8 Å². The van der Waals surface area contributed by atoms with Gasteiger partial charge >= 0.3 is 0 Å². The number of hydrogen-bond donors (Lipinski definition) is 0. The summed E-state index contributed by atoms with van der Waals surface area (Å²) in [5, 5.41) is 14.2. The molecule has 1 aromatic carbocycles. The van der Waals surface area contributed by atoms with Gasteiger partial charge in [0.15, 0.2) is 17.6 Å². The molecule has 1 amide bonds. The third kappa shape index (κ3) is 3.28. The van der Waals surface area contributed by atoms with Gasteiger partial charge in [-0.3, -0.25) is 4.79 Å². The first kappa shape index (κ1) is 18.8. The molecule has 4 rings (SSSR count). The van der Waals surface area contributed by atoms with Crippen LogP contribution in [0.4, 0.5) is 0 Å². The van der Waals surface area contributed by atoms with E-state index in [1.165, 1.54) is 11.3 Å². The van der Waals surface area contributed by atoms with Crippen molar-refractivity contribution >= 4 is 33.1 Å². The number of thiophene rings is 1. The Kier molecular flexibility index (Phi) is 4.64. The van der Waals surface area contributed by atoms with Crippen molar-refractivity contribution in [2.75, 3.05) is 14.1 Å². The molecule has 4 aromatic rings. The van der Waals surface area contributed by atoms with Gasteiger partial charge in [-0.15, -0.1) is 16.4 Å². The minimum Gasteiger partial charge on any atom is -0.483 e. The van der Waals surface area contributed by atoms with E-state index in [1.807, 2.05) is 13.8 Å². The minimum atomic E-state index is -0.403. The molecular formula is C20H18N6O2S. The van der Waals surface area contributed by atoms with Crippen LogP contribution in [-0.2, 0) is 0 Å². The highest BCUT2D eigenvalue weighted by Crippen LogP contribution is 2.32. The van der Waals surface area contributed by atoms with E-state index in [4.69, 9.17) is 10.00 Å². The number of carbonyl (C=O) groups is 1. The zero-order valence-electron chi connectivity index (χ0n) is 16.4. The van der Waals surface area contributed by atoms with Gasteiger partial charge in [0.1, 0.15) is 16.9 Å². The summed E-state index contributed by atoms with van der Waals surface area (Å²) in [4.78, 5) is 24.5. The second kappa shape index (κ2) is 7.14. The normalized spacial score (nSPS) is 12.1. The molecule has 0 aliphatic heterocycles. The number of aromatic nitrogens is 4. The van der Waals surface area contributed by atoms with Crippen molar-refractivity contribution in [3.05, 3.63) is 52.4 Å². The Bertz CT molecular complexity index is 1270. The average molecular weight is 406 g/mol. The number of rotatable bonds is 4.